The fourth-order valence-electron chi connectivity index (χ4n) is 3.23. The molecular formula is C16H24N2O. The number of nitrogens with one attached hydrogen (secondary N) is 1. The maximum Gasteiger partial charge on any atom is 0.123 e. The highest BCUT2D eigenvalue weighted by molar-refractivity contribution is 5.40. The van der Waals surface area contributed by atoms with Crippen molar-refractivity contribution >= 4 is 0 Å². The average Bonchev–Trinajstić information content (AvgIpc) is 2.81. The fraction of sp³-hybridized carbons (Fsp3) is 0.562. The SMILES string of the molecule is [CH2-][NH+]1CCc2c(cccc2OC[C@H]2CCCN2C)C1. The molecule has 0 bridgehead atoms. The van der Waals surface area contributed by atoms with Crippen LogP contribution in [0, 0.1) is 7.05 Å². The second-order valence-electron chi connectivity index (χ2n) is 5.91. The Morgan fingerprint density at radius 1 is 1.47 bits per heavy atom. The summed E-state index contributed by atoms with van der Waals surface area (Å²) in [7, 11) is 6.31. The number of likely N-dealkylation sites (tertiary alicyclic amines) is 1. The molecule has 0 amide bonds. The summed E-state index contributed by atoms with van der Waals surface area (Å²) < 4.78 is 6.12. The zero-order chi connectivity index (χ0) is 13.2. The first kappa shape index (κ1) is 12.9. The highest BCUT2D eigenvalue weighted by Crippen LogP contribution is 2.25. The molecule has 19 heavy (non-hydrogen) atoms. The summed E-state index contributed by atoms with van der Waals surface area (Å²) in [4.78, 5) is 3.76. The Morgan fingerprint density at radius 2 is 2.37 bits per heavy atom. The van der Waals surface area contributed by atoms with Crippen LogP contribution in [-0.4, -0.2) is 37.7 Å². The molecule has 0 saturated carbocycles. The number of fused-ring (bicyclic) bond motifs is 1. The predicted molar refractivity (Wildman–Crippen MR) is 76.2 cm³/mol. The lowest BCUT2D eigenvalue weighted by molar-refractivity contribution is -0.870. The van der Waals surface area contributed by atoms with E-state index >= 15 is 0 Å². The molecule has 104 valence electrons. The minimum atomic E-state index is 0.592. The molecule has 0 aliphatic carbocycles. The summed E-state index contributed by atoms with van der Waals surface area (Å²) in [5.41, 5.74) is 2.82. The summed E-state index contributed by atoms with van der Waals surface area (Å²) >= 11 is 0. The lowest BCUT2D eigenvalue weighted by atomic mass is 9.99. The summed E-state index contributed by atoms with van der Waals surface area (Å²) in [6.07, 6.45) is 3.66. The van der Waals surface area contributed by atoms with E-state index in [0.717, 1.165) is 31.9 Å². The summed E-state index contributed by atoms with van der Waals surface area (Å²) in [5, 5.41) is 0. The Morgan fingerprint density at radius 3 is 3.16 bits per heavy atom. The van der Waals surface area contributed by atoms with Gasteiger partial charge in [0.15, 0.2) is 0 Å². The molecule has 2 aliphatic rings. The third-order valence-electron chi connectivity index (χ3n) is 4.50. The number of quaternary nitrogens is 1. The second-order valence-corrected chi connectivity index (χ2v) is 5.91. The Bertz CT molecular complexity index is 446. The maximum atomic E-state index is 6.12. The van der Waals surface area contributed by atoms with Crippen molar-refractivity contribution in [2.24, 2.45) is 0 Å². The molecule has 2 atom stereocenters. The highest BCUT2D eigenvalue weighted by atomic mass is 16.5. The van der Waals surface area contributed by atoms with Gasteiger partial charge in [-0.15, -0.1) is 0 Å². The Hall–Kier alpha value is -1.06. The molecule has 1 unspecified atom stereocenters. The van der Waals surface area contributed by atoms with Crippen LogP contribution in [0.4, 0.5) is 0 Å². The molecule has 3 nitrogen and oxygen atoms in total. The van der Waals surface area contributed by atoms with Crippen LogP contribution < -0.4 is 9.64 Å². The fourth-order valence-corrected chi connectivity index (χ4v) is 3.23. The van der Waals surface area contributed by atoms with E-state index in [2.05, 4.69) is 37.2 Å². The molecule has 1 aromatic carbocycles. The Kier molecular flexibility index (Phi) is 3.76. The van der Waals surface area contributed by atoms with E-state index in [0.29, 0.717) is 6.04 Å². The lowest BCUT2D eigenvalue weighted by Crippen LogP contribution is -3.06. The van der Waals surface area contributed by atoms with Crippen LogP contribution >= 0.6 is 0 Å². The molecule has 0 aromatic heterocycles. The molecule has 1 N–H and O–H groups in total. The van der Waals surface area contributed by atoms with E-state index in [9.17, 15) is 0 Å². The smallest absolute Gasteiger partial charge is 0.123 e. The zero-order valence-electron chi connectivity index (χ0n) is 11.8. The summed E-state index contributed by atoms with van der Waals surface area (Å²) in [6.45, 7) is 4.17. The number of nitrogens with zero attached hydrogens (tertiary/aromatic N) is 1. The van der Waals surface area contributed by atoms with Crippen LogP contribution in [0.1, 0.15) is 24.0 Å². The van der Waals surface area contributed by atoms with Crippen LogP contribution in [0.25, 0.3) is 0 Å². The van der Waals surface area contributed by atoms with Crippen LogP contribution in [0.3, 0.4) is 0 Å². The highest BCUT2D eigenvalue weighted by Gasteiger charge is 2.23. The zero-order valence-corrected chi connectivity index (χ0v) is 11.8. The molecule has 1 fully saturated rings. The standard InChI is InChI=1S/C16H24N2O/c1-17-10-8-15-13(11-17)5-3-7-16(15)19-12-14-6-4-9-18(14)2/h3,5,7,14,17H,1,4,6,8-12H2,2H3/t14-/m1/s1. The van der Waals surface area contributed by atoms with Crippen molar-refractivity contribution in [3.63, 3.8) is 0 Å². The van der Waals surface area contributed by atoms with Gasteiger partial charge in [0, 0.05) is 23.6 Å². The van der Waals surface area contributed by atoms with Crippen LogP contribution in [-0.2, 0) is 13.0 Å². The van der Waals surface area contributed by atoms with Gasteiger partial charge in [0.05, 0.1) is 13.1 Å². The first-order valence-electron chi connectivity index (χ1n) is 7.34. The van der Waals surface area contributed by atoms with Crippen molar-refractivity contribution in [3.8, 4) is 5.75 Å². The normalized spacial score (nSPS) is 27.3. The van der Waals surface area contributed by atoms with E-state index in [-0.39, 0.29) is 0 Å². The summed E-state index contributed by atoms with van der Waals surface area (Å²) in [5.74, 6) is 1.10. The molecule has 1 saturated heterocycles. The van der Waals surface area contributed by atoms with E-state index in [4.69, 9.17) is 4.74 Å². The number of rotatable bonds is 3. The minimum Gasteiger partial charge on any atom is -0.492 e. The average molecular weight is 260 g/mol. The third-order valence-corrected chi connectivity index (χ3v) is 4.50. The van der Waals surface area contributed by atoms with E-state index in [1.807, 2.05) is 0 Å². The van der Waals surface area contributed by atoms with Gasteiger partial charge in [0.2, 0.25) is 0 Å². The number of hydrogen-bond donors (Lipinski definition) is 1. The van der Waals surface area contributed by atoms with E-state index in [1.54, 1.807) is 0 Å². The molecule has 3 rings (SSSR count). The largest absolute Gasteiger partial charge is 0.492 e. The van der Waals surface area contributed by atoms with Crippen molar-refractivity contribution in [1.82, 2.24) is 4.90 Å². The van der Waals surface area contributed by atoms with Gasteiger partial charge >= 0.3 is 0 Å². The number of likely N-dealkylation sites (N-methyl/N-ethyl adjacent to an activating group) is 1. The molecule has 2 heterocycles. The quantitative estimate of drug-likeness (QED) is 0.813. The number of hydrogen-bond acceptors (Lipinski definition) is 2. The first-order valence-corrected chi connectivity index (χ1v) is 7.34. The van der Waals surface area contributed by atoms with Crippen LogP contribution in [0.2, 0.25) is 0 Å². The Balaban J connectivity index is 1.69. The third kappa shape index (κ3) is 2.77. The molecule has 3 heteroatoms. The predicted octanol–water partition coefficient (Wildman–Crippen LogP) is 0.892. The van der Waals surface area contributed by atoms with Crippen molar-refractivity contribution in [1.29, 1.82) is 0 Å². The first-order chi connectivity index (χ1) is 9.24. The van der Waals surface area contributed by atoms with Gasteiger partial charge in [-0.05, 0) is 32.5 Å². The van der Waals surface area contributed by atoms with Gasteiger partial charge in [0.25, 0.3) is 0 Å². The second kappa shape index (κ2) is 5.51. The number of ether oxygens (including phenoxy) is 1. The van der Waals surface area contributed by atoms with Gasteiger partial charge < -0.3 is 14.5 Å². The molecule has 0 spiro atoms. The summed E-state index contributed by atoms with van der Waals surface area (Å²) in [6, 6.07) is 7.05. The van der Waals surface area contributed by atoms with E-state index < -0.39 is 0 Å². The maximum absolute atomic E-state index is 6.12. The minimum absolute atomic E-state index is 0.592. The van der Waals surface area contributed by atoms with Crippen molar-refractivity contribution in [2.45, 2.75) is 31.8 Å². The van der Waals surface area contributed by atoms with Gasteiger partial charge in [-0.1, -0.05) is 12.1 Å². The van der Waals surface area contributed by atoms with Crippen LogP contribution in [0.15, 0.2) is 18.2 Å². The van der Waals surface area contributed by atoms with Crippen LogP contribution in [0.5, 0.6) is 5.75 Å². The van der Waals surface area contributed by atoms with Crippen molar-refractivity contribution in [2.75, 3.05) is 26.7 Å². The molecular weight excluding hydrogens is 236 g/mol. The lowest BCUT2D eigenvalue weighted by Gasteiger charge is -2.29. The van der Waals surface area contributed by atoms with Crippen molar-refractivity contribution < 1.29 is 9.64 Å². The van der Waals surface area contributed by atoms with E-state index in [1.165, 1.54) is 35.4 Å². The van der Waals surface area contributed by atoms with Crippen molar-refractivity contribution in [3.05, 3.63) is 36.4 Å². The molecule has 0 radical (unpaired) electrons. The molecule has 1 aromatic rings. The monoisotopic (exact) mass is 260 g/mol. The topological polar surface area (TPSA) is 16.9 Å². The van der Waals surface area contributed by atoms with Gasteiger partial charge in [0.1, 0.15) is 12.4 Å². The van der Waals surface area contributed by atoms with Gasteiger partial charge in [-0.3, -0.25) is 0 Å². The van der Waals surface area contributed by atoms with Gasteiger partial charge in [-0.2, -0.15) is 7.05 Å². The molecule has 2 aliphatic heterocycles. The number of benzene rings is 1. The Labute approximate surface area is 116 Å². The van der Waals surface area contributed by atoms with Gasteiger partial charge in [-0.25, -0.2) is 0 Å².